The minimum atomic E-state index is -0.595. The zero-order valence-corrected chi connectivity index (χ0v) is 11.9. The molecule has 0 aromatic heterocycles. The van der Waals surface area contributed by atoms with Crippen LogP contribution < -0.4 is 10.1 Å². The Bertz CT molecular complexity index is 708. The molecule has 0 heterocycles. The third kappa shape index (κ3) is 4.56. The number of halogens is 1. The SMILES string of the molecule is CC(=O)Nc1ccccc1OC(=O)C=Cc1ccc(F)cc1. The lowest BCUT2D eigenvalue weighted by atomic mass is 10.2. The predicted molar refractivity (Wildman–Crippen MR) is 81.8 cm³/mol. The quantitative estimate of drug-likeness (QED) is 0.535. The van der Waals surface area contributed by atoms with Crippen LogP contribution in [-0.4, -0.2) is 11.9 Å². The summed E-state index contributed by atoms with van der Waals surface area (Å²) in [4.78, 5) is 22.9. The van der Waals surface area contributed by atoms with E-state index in [0.717, 1.165) is 0 Å². The number of anilines is 1. The molecule has 0 spiro atoms. The highest BCUT2D eigenvalue weighted by atomic mass is 19.1. The molecule has 0 aliphatic carbocycles. The lowest BCUT2D eigenvalue weighted by molar-refractivity contribution is -0.129. The fraction of sp³-hybridized carbons (Fsp3) is 0.0588. The Balaban J connectivity index is 2.06. The van der Waals surface area contributed by atoms with Crippen LogP contribution in [0.15, 0.2) is 54.6 Å². The minimum absolute atomic E-state index is 0.256. The molecule has 1 N–H and O–H groups in total. The molecule has 2 rings (SSSR count). The Morgan fingerprint density at radius 2 is 1.77 bits per heavy atom. The Hall–Kier alpha value is -2.95. The van der Waals surface area contributed by atoms with Gasteiger partial charge < -0.3 is 10.1 Å². The lowest BCUT2D eigenvalue weighted by Gasteiger charge is -2.08. The van der Waals surface area contributed by atoms with E-state index in [0.29, 0.717) is 11.3 Å². The number of benzene rings is 2. The summed E-state index contributed by atoms with van der Waals surface area (Å²) in [6.45, 7) is 1.37. The van der Waals surface area contributed by atoms with Crippen LogP contribution in [0.4, 0.5) is 10.1 Å². The summed E-state index contributed by atoms with van der Waals surface area (Å²) in [6.07, 6.45) is 2.75. The molecule has 0 bridgehead atoms. The number of para-hydroxylation sites is 2. The van der Waals surface area contributed by atoms with Crippen LogP contribution in [-0.2, 0) is 9.59 Å². The molecule has 0 saturated carbocycles. The van der Waals surface area contributed by atoms with E-state index < -0.39 is 5.97 Å². The van der Waals surface area contributed by atoms with Crippen LogP contribution in [0.5, 0.6) is 5.75 Å². The number of hydrogen-bond donors (Lipinski definition) is 1. The van der Waals surface area contributed by atoms with E-state index >= 15 is 0 Å². The van der Waals surface area contributed by atoms with Crippen molar-refractivity contribution in [2.75, 3.05) is 5.32 Å². The predicted octanol–water partition coefficient (Wildman–Crippen LogP) is 3.40. The van der Waals surface area contributed by atoms with E-state index in [-0.39, 0.29) is 17.5 Å². The molecule has 112 valence electrons. The van der Waals surface area contributed by atoms with Gasteiger partial charge in [-0.05, 0) is 35.9 Å². The molecule has 0 aliphatic rings. The molecular formula is C17H14FNO3. The average molecular weight is 299 g/mol. The van der Waals surface area contributed by atoms with Gasteiger partial charge in [0.15, 0.2) is 5.75 Å². The monoisotopic (exact) mass is 299 g/mol. The van der Waals surface area contributed by atoms with Crippen molar-refractivity contribution in [1.29, 1.82) is 0 Å². The van der Waals surface area contributed by atoms with Crippen molar-refractivity contribution in [2.24, 2.45) is 0 Å². The number of nitrogens with one attached hydrogen (secondary N) is 1. The molecular weight excluding hydrogens is 285 g/mol. The third-order valence-electron chi connectivity index (χ3n) is 2.69. The summed E-state index contributed by atoms with van der Waals surface area (Å²) < 4.78 is 17.9. The zero-order valence-electron chi connectivity index (χ0n) is 11.9. The maximum Gasteiger partial charge on any atom is 0.336 e. The fourth-order valence-electron chi connectivity index (χ4n) is 1.73. The first-order valence-corrected chi connectivity index (χ1v) is 6.56. The van der Waals surface area contributed by atoms with Crippen molar-refractivity contribution in [2.45, 2.75) is 6.92 Å². The smallest absolute Gasteiger partial charge is 0.336 e. The van der Waals surface area contributed by atoms with E-state index in [1.54, 1.807) is 36.4 Å². The van der Waals surface area contributed by atoms with Gasteiger partial charge in [0, 0.05) is 13.0 Å². The summed E-state index contributed by atoms with van der Waals surface area (Å²) in [6, 6.07) is 12.3. The average Bonchev–Trinajstić information content (AvgIpc) is 2.48. The van der Waals surface area contributed by atoms with Crippen molar-refractivity contribution in [3.63, 3.8) is 0 Å². The van der Waals surface area contributed by atoms with Crippen LogP contribution in [0, 0.1) is 5.82 Å². The highest BCUT2D eigenvalue weighted by molar-refractivity contribution is 5.93. The van der Waals surface area contributed by atoms with Crippen LogP contribution in [0.25, 0.3) is 6.08 Å². The number of hydrogen-bond acceptors (Lipinski definition) is 3. The molecule has 2 aromatic rings. The number of esters is 1. The van der Waals surface area contributed by atoms with Gasteiger partial charge in [-0.2, -0.15) is 0 Å². The number of rotatable bonds is 4. The van der Waals surface area contributed by atoms with Crippen LogP contribution in [0.1, 0.15) is 12.5 Å². The topological polar surface area (TPSA) is 55.4 Å². The van der Waals surface area contributed by atoms with Gasteiger partial charge in [-0.3, -0.25) is 4.79 Å². The van der Waals surface area contributed by atoms with Crippen molar-refractivity contribution in [1.82, 2.24) is 0 Å². The molecule has 1 amide bonds. The summed E-state index contributed by atoms with van der Waals surface area (Å²) in [5.41, 5.74) is 1.09. The zero-order chi connectivity index (χ0) is 15.9. The molecule has 0 atom stereocenters. The minimum Gasteiger partial charge on any atom is -0.421 e. The number of carbonyl (C=O) groups is 2. The van der Waals surface area contributed by atoms with E-state index in [4.69, 9.17) is 4.74 Å². The first-order valence-electron chi connectivity index (χ1n) is 6.56. The van der Waals surface area contributed by atoms with Crippen molar-refractivity contribution in [3.8, 4) is 5.75 Å². The molecule has 0 unspecified atom stereocenters. The molecule has 0 saturated heterocycles. The lowest BCUT2D eigenvalue weighted by Crippen LogP contribution is -2.10. The molecule has 5 heteroatoms. The fourth-order valence-corrected chi connectivity index (χ4v) is 1.73. The number of amides is 1. The molecule has 0 radical (unpaired) electrons. The van der Waals surface area contributed by atoms with Crippen molar-refractivity contribution < 1.29 is 18.7 Å². The van der Waals surface area contributed by atoms with Gasteiger partial charge >= 0.3 is 5.97 Å². The molecule has 2 aromatic carbocycles. The maximum atomic E-state index is 12.8. The van der Waals surface area contributed by atoms with Crippen LogP contribution in [0.3, 0.4) is 0 Å². The van der Waals surface area contributed by atoms with Crippen LogP contribution >= 0.6 is 0 Å². The molecule has 0 fully saturated rings. The Morgan fingerprint density at radius 1 is 1.09 bits per heavy atom. The summed E-state index contributed by atoms with van der Waals surface area (Å²) in [5.74, 6) is -0.942. The van der Waals surface area contributed by atoms with E-state index in [9.17, 15) is 14.0 Å². The van der Waals surface area contributed by atoms with Gasteiger partial charge in [0.2, 0.25) is 5.91 Å². The Labute approximate surface area is 127 Å². The Kier molecular flexibility index (Phi) is 5.03. The standard InChI is InChI=1S/C17H14FNO3/c1-12(20)19-15-4-2-3-5-16(15)22-17(21)11-8-13-6-9-14(18)10-7-13/h2-11H,1H3,(H,19,20). The second-order valence-electron chi connectivity index (χ2n) is 4.48. The van der Waals surface area contributed by atoms with E-state index in [1.165, 1.54) is 31.2 Å². The highest BCUT2D eigenvalue weighted by Crippen LogP contribution is 2.23. The Morgan fingerprint density at radius 3 is 2.45 bits per heavy atom. The van der Waals surface area contributed by atoms with E-state index in [1.807, 2.05) is 0 Å². The summed E-state index contributed by atoms with van der Waals surface area (Å²) in [7, 11) is 0. The first-order chi connectivity index (χ1) is 10.5. The van der Waals surface area contributed by atoms with Gasteiger partial charge in [0.1, 0.15) is 5.82 Å². The van der Waals surface area contributed by atoms with Gasteiger partial charge in [-0.15, -0.1) is 0 Å². The second kappa shape index (κ2) is 7.17. The number of carbonyl (C=O) groups excluding carboxylic acids is 2. The second-order valence-corrected chi connectivity index (χ2v) is 4.48. The largest absolute Gasteiger partial charge is 0.421 e. The first kappa shape index (κ1) is 15.4. The van der Waals surface area contributed by atoms with Crippen molar-refractivity contribution in [3.05, 3.63) is 66.0 Å². The maximum absolute atomic E-state index is 12.8. The van der Waals surface area contributed by atoms with E-state index in [2.05, 4.69) is 5.32 Å². The molecule has 0 aliphatic heterocycles. The third-order valence-corrected chi connectivity index (χ3v) is 2.69. The highest BCUT2D eigenvalue weighted by Gasteiger charge is 2.07. The van der Waals surface area contributed by atoms with Gasteiger partial charge in [-0.25, -0.2) is 9.18 Å². The van der Waals surface area contributed by atoms with Crippen molar-refractivity contribution >= 4 is 23.6 Å². The number of ether oxygens (including phenoxy) is 1. The summed E-state index contributed by atoms with van der Waals surface area (Å²) >= 11 is 0. The molecule has 22 heavy (non-hydrogen) atoms. The van der Waals surface area contributed by atoms with Gasteiger partial charge in [0.05, 0.1) is 5.69 Å². The summed E-state index contributed by atoms with van der Waals surface area (Å²) in [5, 5.41) is 2.58. The van der Waals surface area contributed by atoms with Gasteiger partial charge in [-0.1, -0.05) is 24.3 Å². The molecule has 4 nitrogen and oxygen atoms in total. The normalized spacial score (nSPS) is 10.5. The van der Waals surface area contributed by atoms with Crippen LogP contribution in [0.2, 0.25) is 0 Å². The van der Waals surface area contributed by atoms with Gasteiger partial charge in [0.25, 0.3) is 0 Å².